The molecule has 0 aliphatic heterocycles. The molecule has 2 N–H and O–H groups in total. The topological polar surface area (TPSA) is 67.8 Å². The second-order valence-electron chi connectivity index (χ2n) is 4.07. The fraction of sp³-hybridized carbons (Fsp3) is 0.462. The summed E-state index contributed by atoms with van der Waals surface area (Å²) in [4.78, 5) is 10.7. The van der Waals surface area contributed by atoms with Gasteiger partial charge in [0.05, 0.1) is 14.2 Å². The monoisotopic (exact) mass is 253 g/mol. The summed E-state index contributed by atoms with van der Waals surface area (Å²) in [5, 5.41) is 11.7. The average Bonchev–Trinajstić information content (AvgIpc) is 2.36. The van der Waals surface area contributed by atoms with Crippen LogP contribution in [-0.4, -0.2) is 31.3 Å². The Morgan fingerprint density at radius 2 is 1.89 bits per heavy atom. The van der Waals surface area contributed by atoms with Crippen LogP contribution in [0.15, 0.2) is 12.1 Å². The first-order chi connectivity index (χ1) is 8.49. The Labute approximate surface area is 107 Å². The molecule has 0 bridgehead atoms. The smallest absolute Gasteiger partial charge is 0.320 e. The lowest BCUT2D eigenvalue weighted by Gasteiger charge is -2.14. The van der Waals surface area contributed by atoms with Gasteiger partial charge in [0.25, 0.3) is 0 Å². The summed E-state index contributed by atoms with van der Waals surface area (Å²) in [5.41, 5.74) is 2.01. The SMILES string of the molecule is COc1cc(C)c(CN[C@H](C)C(=O)O)cc1OC. The molecule has 1 atom stereocenters. The highest BCUT2D eigenvalue weighted by Gasteiger charge is 2.12. The summed E-state index contributed by atoms with van der Waals surface area (Å²) in [6.07, 6.45) is 0. The van der Waals surface area contributed by atoms with Crippen LogP contribution in [0.5, 0.6) is 11.5 Å². The highest BCUT2D eigenvalue weighted by molar-refractivity contribution is 5.72. The van der Waals surface area contributed by atoms with E-state index in [9.17, 15) is 4.79 Å². The fourth-order valence-electron chi connectivity index (χ4n) is 1.56. The van der Waals surface area contributed by atoms with E-state index in [1.165, 1.54) is 0 Å². The third-order valence-corrected chi connectivity index (χ3v) is 2.81. The maximum absolute atomic E-state index is 10.7. The summed E-state index contributed by atoms with van der Waals surface area (Å²) in [5.74, 6) is 0.445. The third-order valence-electron chi connectivity index (χ3n) is 2.81. The molecule has 0 radical (unpaired) electrons. The molecule has 0 aliphatic carbocycles. The number of aryl methyl sites for hydroxylation is 1. The van der Waals surface area contributed by atoms with E-state index in [4.69, 9.17) is 14.6 Å². The Morgan fingerprint density at radius 3 is 2.39 bits per heavy atom. The van der Waals surface area contributed by atoms with Crippen molar-refractivity contribution >= 4 is 5.97 Å². The number of hydrogen-bond acceptors (Lipinski definition) is 4. The van der Waals surface area contributed by atoms with Gasteiger partial charge in [0.15, 0.2) is 11.5 Å². The van der Waals surface area contributed by atoms with Gasteiger partial charge in [-0.3, -0.25) is 4.79 Å². The van der Waals surface area contributed by atoms with Gasteiger partial charge in [0.2, 0.25) is 0 Å². The Morgan fingerprint density at radius 1 is 1.33 bits per heavy atom. The first kappa shape index (κ1) is 14.3. The van der Waals surface area contributed by atoms with Gasteiger partial charge in [-0.25, -0.2) is 0 Å². The Hall–Kier alpha value is -1.75. The predicted octanol–water partition coefficient (Wildman–Crippen LogP) is 1.57. The largest absolute Gasteiger partial charge is 0.493 e. The zero-order valence-corrected chi connectivity index (χ0v) is 11.1. The summed E-state index contributed by atoms with van der Waals surface area (Å²) < 4.78 is 10.4. The maximum Gasteiger partial charge on any atom is 0.320 e. The first-order valence-electron chi connectivity index (χ1n) is 5.67. The van der Waals surface area contributed by atoms with E-state index in [1.54, 1.807) is 21.1 Å². The number of carbonyl (C=O) groups is 1. The van der Waals surface area contributed by atoms with Crippen LogP contribution in [-0.2, 0) is 11.3 Å². The van der Waals surface area contributed by atoms with Crippen molar-refractivity contribution in [3.05, 3.63) is 23.3 Å². The molecule has 0 saturated heterocycles. The van der Waals surface area contributed by atoms with Gasteiger partial charge in [-0.05, 0) is 37.1 Å². The molecule has 5 heteroatoms. The van der Waals surface area contributed by atoms with Crippen LogP contribution in [0.2, 0.25) is 0 Å². The highest BCUT2D eigenvalue weighted by atomic mass is 16.5. The summed E-state index contributed by atoms with van der Waals surface area (Å²) in [6, 6.07) is 3.15. The van der Waals surface area contributed by atoms with Gasteiger partial charge in [0.1, 0.15) is 6.04 Å². The van der Waals surface area contributed by atoms with Crippen molar-refractivity contribution in [3.8, 4) is 11.5 Å². The normalized spacial score (nSPS) is 12.0. The van der Waals surface area contributed by atoms with Crippen LogP contribution in [0.1, 0.15) is 18.1 Å². The summed E-state index contributed by atoms with van der Waals surface area (Å²) >= 11 is 0. The number of methoxy groups -OCH3 is 2. The second-order valence-corrected chi connectivity index (χ2v) is 4.07. The molecule has 1 rings (SSSR count). The van der Waals surface area contributed by atoms with E-state index in [-0.39, 0.29) is 0 Å². The van der Waals surface area contributed by atoms with Crippen molar-refractivity contribution in [2.24, 2.45) is 0 Å². The zero-order valence-electron chi connectivity index (χ0n) is 11.1. The minimum atomic E-state index is -0.867. The molecule has 18 heavy (non-hydrogen) atoms. The molecule has 0 unspecified atom stereocenters. The lowest BCUT2D eigenvalue weighted by molar-refractivity contribution is -0.139. The number of carboxylic acids is 1. The molecule has 0 aromatic heterocycles. The van der Waals surface area contributed by atoms with Crippen molar-refractivity contribution in [1.29, 1.82) is 0 Å². The minimum absolute atomic E-state index is 0.472. The third kappa shape index (κ3) is 3.37. The van der Waals surface area contributed by atoms with Crippen molar-refractivity contribution in [3.63, 3.8) is 0 Å². The molecule has 0 amide bonds. The molecular formula is C13H19NO4. The molecule has 5 nitrogen and oxygen atoms in total. The summed E-state index contributed by atoms with van der Waals surface area (Å²) in [6.45, 7) is 4.03. The highest BCUT2D eigenvalue weighted by Crippen LogP contribution is 2.30. The quantitative estimate of drug-likeness (QED) is 0.805. The molecule has 100 valence electrons. The van der Waals surface area contributed by atoms with Crippen molar-refractivity contribution in [2.45, 2.75) is 26.4 Å². The van der Waals surface area contributed by atoms with Crippen LogP contribution < -0.4 is 14.8 Å². The van der Waals surface area contributed by atoms with E-state index in [1.807, 2.05) is 19.1 Å². The van der Waals surface area contributed by atoms with Crippen LogP contribution in [0.3, 0.4) is 0 Å². The summed E-state index contributed by atoms with van der Waals surface area (Å²) in [7, 11) is 3.16. The van der Waals surface area contributed by atoms with E-state index in [2.05, 4.69) is 5.32 Å². The fourth-order valence-corrected chi connectivity index (χ4v) is 1.56. The molecule has 0 aliphatic rings. The van der Waals surface area contributed by atoms with Crippen molar-refractivity contribution in [1.82, 2.24) is 5.32 Å². The number of carboxylic acid groups (broad SMARTS) is 1. The van der Waals surface area contributed by atoms with E-state index >= 15 is 0 Å². The van der Waals surface area contributed by atoms with Gasteiger partial charge in [-0.2, -0.15) is 0 Å². The van der Waals surface area contributed by atoms with Gasteiger partial charge in [-0.1, -0.05) is 0 Å². The molecule has 0 spiro atoms. The predicted molar refractivity (Wildman–Crippen MR) is 68.2 cm³/mol. The van der Waals surface area contributed by atoms with Gasteiger partial charge < -0.3 is 19.9 Å². The Bertz CT molecular complexity index is 431. The van der Waals surface area contributed by atoms with Gasteiger partial charge in [0, 0.05) is 6.54 Å². The number of nitrogens with one attached hydrogen (secondary N) is 1. The lowest BCUT2D eigenvalue weighted by atomic mass is 10.1. The molecule has 1 aromatic carbocycles. The standard InChI is InChI=1S/C13H19NO4/c1-8-5-11(17-3)12(18-4)6-10(8)7-14-9(2)13(15)16/h5-6,9,14H,7H2,1-4H3,(H,15,16)/t9-/m1/s1. The minimum Gasteiger partial charge on any atom is -0.493 e. The van der Waals surface area contributed by atoms with Crippen LogP contribution in [0.4, 0.5) is 0 Å². The molecule has 0 heterocycles. The van der Waals surface area contributed by atoms with Crippen LogP contribution in [0, 0.1) is 6.92 Å². The number of ether oxygens (including phenoxy) is 2. The molecule has 0 saturated carbocycles. The molecule has 1 aromatic rings. The number of aliphatic carboxylic acids is 1. The van der Waals surface area contributed by atoms with Crippen LogP contribution in [0.25, 0.3) is 0 Å². The van der Waals surface area contributed by atoms with E-state index in [0.29, 0.717) is 18.0 Å². The van der Waals surface area contributed by atoms with E-state index in [0.717, 1.165) is 11.1 Å². The van der Waals surface area contributed by atoms with Crippen molar-refractivity contribution in [2.75, 3.05) is 14.2 Å². The second kappa shape index (κ2) is 6.26. The number of benzene rings is 1. The van der Waals surface area contributed by atoms with Crippen molar-refractivity contribution < 1.29 is 19.4 Å². The Balaban J connectivity index is 2.86. The maximum atomic E-state index is 10.7. The van der Waals surface area contributed by atoms with Gasteiger partial charge >= 0.3 is 5.97 Å². The zero-order chi connectivity index (χ0) is 13.7. The average molecular weight is 253 g/mol. The van der Waals surface area contributed by atoms with E-state index < -0.39 is 12.0 Å². The van der Waals surface area contributed by atoms with Crippen LogP contribution >= 0.6 is 0 Å². The number of rotatable bonds is 6. The molecule has 0 fully saturated rings. The van der Waals surface area contributed by atoms with Gasteiger partial charge in [-0.15, -0.1) is 0 Å². The number of hydrogen-bond donors (Lipinski definition) is 2. The molecular weight excluding hydrogens is 234 g/mol. The Kier molecular flexibility index (Phi) is 4.97. The lowest BCUT2D eigenvalue weighted by Crippen LogP contribution is -2.33. The first-order valence-corrected chi connectivity index (χ1v) is 5.67.